The molecule has 0 saturated heterocycles. The molecule has 2 atom stereocenters. The topological polar surface area (TPSA) is 35.0 Å². The molecular formula is C27H69Cl2N8P2+. The van der Waals surface area contributed by atoms with Crippen molar-refractivity contribution in [3.8, 4) is 0 Å². The van der Waals surface area contributed by atoms with Crippen molar-refractivity contribution in [2.24, 2.45) is 16.6 Å². The van der Waals surface area contributed by atoms with Crippen LogP contribution in [0, 0.1) is 11.8 Å². The van der Waals surface area contributed by atoms with Gasteiger partial charge in [-0.3, -0.25) is 18.8 Å². The van der Waals surface area contributed by atoms with Crippen LogP contribution in [0.5, 0.6) is 0 Å². The van der Waals surface area contributed by atoms with Crippen LogP contribution in [0.4, 0.5) is 0 Å². The van der Waals surface area contributed by atoms with Crippen molar-refractivity contribution in [2.45, 2.75) is 40.5 Å². The van der Waals surface area contributed by atoms with Gasteiger partial charge in [-0.2, -0.15) is 0 Å². The van der Waals surface area contributed by atoms with Crippen LogP contribution in [0.1, 0.15) is 40.5 Å². The minimum absolute atomic E-state index is 0.556. The molecule has 12 heteroatoms. The Morgan fingerprint density at radius 3 is 1.13 bits per heavy atom. The second-order valence-corrected chi connectivity index (χ2v) is 19.5. The fourth-order valence-corrected chi connectivity index (χ4v) is 12.3. The molecule has 0 aromatic heterocycles. The Hall–Kier alpha value is 0.700. The van der Waals surface area contributed by atoms with E-state index in [1.54, 1.807) is 6.08 Å². The van der Waals surface area contributed by atoms with E-state index in [9.17, 15) is 0 Å². The summed E-state index contributed by atoms with van der Waals surface area (Å²) >= 11 is 10.5. The largest absolute Gasteiger partial charge is 0.306 e. The number of alkyl halides is 2. The van der Waals surface area contributed by atoms with E-state index in [-0.39, 0.29) is 0 Å². The first-order valence-corrected chi connectivity index (χ1v) is 18.0. The molecule has 0 saturated carbocycles. The second kappa shape index (κ2) is 25.2. The average Bonchev–Trinajstić information content (AvgIpc) is 2.83. The SMILES string of the molecule is C=CCCl.CCC(C)CCl.CCC(C)CN(C)[P+](N(C)C)(N(C)C)N(C)C.CN=P(N(C)C)(N(C)C)N(C)C. The summed E-state index contributed by atoms with van der Waals surface area (Å²) in [6.45, 7) is 13.4. The molecule has 39 heavy (non-hydrogen) atoms. The molecule has 0 aliphatic rings. The Labute approximate surface area is 257 Å². The summed E-state index contributed by atoms with van der Waals surface area (Å²) < 4.78 is 20.7. The first-order valence-electron chi connectivity index (χ1n) is 13.7. The zero-order valence-corrected chi connectivity index (χ0v) is 32.5. The third kappa shape index (κ3) is 16.2. The number of nitrogens with zero attached hydrogens (tertiary/aromatic N) is 8. The summed E-state index contributed by atoms with van der Waals surface area (Å²) in [7, 11) is 26.5. The van der Waals surface area contributed by atoms with Gasteiger partial charge in [0.25, 0.3) is 0 Å². The first kappa shape index (κ1) is 46.7. The van der Waals surface area contributed by atoms with Crippen LogP contribution < -0.4 is 0 Å². The van der Waals surface area contributed by atoms with Gasteiger partial charge >= 0.3 is 7.87 Å². The molecule has 0 aliphatic carbocycles. The normalized spacial score (nSPS) is 13.6. The molecule has 0 aliphatic heterocycles. The average molecular weight is 639 g/mol. The number of allylic oxidation sites excluding steroid dienone is 1. The summed E-state index contributed by atoms with van der Waals surface area (Å²) in [4.78, 5) is 0. The first-order chi connectivity index (χ1) is 17.8. The fraction of sp³-hybridized carbons (Fsp3) is 0.926. The van der Waals surface area contributed by atoms with Crippen LogP contribution in [0.3, 0.4) is 0 Å². The number of hydrogen-bond donors (Lipinski definition) is 0. The number of hydrogen-bond acceptors (Lipinski definition) is 5. The lowest BCUT2D eigenvalue weighted by molar-refractivity contribution is 0.323. The van der Waals surface area contributed by atoms with Crippen molar-refractivity contribution < 1.29 is 0 Å². The van der Waals surface area contributed by atoms with Gasteiger partial charge in [0.1, 0.15) is 0 Å². The smallest absolute Gasteiger partial charge is 0.264 e. The van der Waals surface area contributed by atoms with Crippen molar-refractivity contribution in [2.75, 3.05) is 117 Å². The highest BCUT2D eigenvalue weighted by Gasteiger charge is 2.52. The molecule has 0 aromatic rings. The van der Waals surface area contributed by atoms with Gasteiger partial charge in [-0.1, -0.05) is 46.6 Å². The molecule has 0 radical (unpaired) electrons. The predicted octanol–water partition coefficient (Wildman–Crippen LogP) is 7.26. The number of halogens is 2. The van der Waals surface area contributed by atoms with Crippen LogP contribution in [-0.2, 0) is 0 Å². The summed E-state index contributed by atoms with van der Waals surface area (Å²) in [5.41, 5.74) is 0. The maximum absolute atomic E-state index is 5.45. The van der Waals surface area contributed by atoms with E-state index >= 15 is 0 Å². The van der Waals surface area contributed by atoms with E-state index in [1.807, 2.05) is 7.05 Å². The van der Waals surface area contributed by atoms with Crippen molar-refractivity contribution in [1.82, 2.24) is 32.7 Å². The second-order valence-electron chi connectivity index (χ2n) is 10.8. The van der Waals surface area contributed by atoms with Gasteiger partial charge in [0.05, 0.1) is 0 Å². The Morgan fingerprint density at radius 1 is 0.718 bits per heavy atom. The molecule has 0 spiro atoms. The maximum Gasteiger partial charge on any atom is 0.306 e. The summed E-state index contributed by atoms with van der Waals surface area (Å²) in [5.74, 6) is 2.79. The Bertz CT molecular complexity index is 579. The van der Waals surface area contributed by atoms with Gasteiger partial charge in [0.2, 0.25) is 0 Å². The van der Waals surface area contributed by atoms with Crippen LogP contribution in [0.25, 0.3) is 0 Å². The zero-order valence-electron chi connectivity index (χ0n) is 29.2. The van der Waals surface area contributed by atoms with E-state index < -0.39 is 15.4 Å². The molecule has 0 fully saturated rings. The van der Waals surface area contributed by atoms with E-state index in [4.69, 9.17) is 23.2 Å². The molecule has 0 heterocycles. The Kier molecular flexibility index (Phi) is 30.2. The van der Waals surface area contributed by atoms with E-state index in [2.05, 4.69) is 163 Å². The summed E-state index contributed by atoms with van der Waals surface area (Å²) in [6, 6.07) is 0. The van der Waals surface area contributed by atoms with Crippen LogP contribution >= 0.6 is 38.6 Å². The molecule has 0 amide bonds. The highest BCUT2D eigenvalue weighted by Crippen LogP contribution is 2.65. The van der Waals surface area contributed by atoms with Crippen molar-refractivity contribution in [3.63, 3.8) is 0 Å². The third-order valence-corrected chi connectivity index (χ3v) is 15.1. The fourth-order valence-electron chi connectivity index (χ4n) is 4.40. The van der Waals surface area contributed by atoms with Gasteiger partial charge in [0.15, 0.2) is 7.51 Å². The molecule has 0 bridgehead atoms. The predicted molar refractivity (Wildman–Crippen MR) is 187 cm³/mol. The molecule has 240 valence electrons. The molecule has 0 aromatic carbocycles. The van der Waals surface area contributed by atoms with E-state index in [0.29, 0.717) is 11.8 Å². The third-order valence-electron chi connectivity index (χ3n) is 6.29. The number of rotatable bonds is 13. The Morgan fingerprint density at radius 2 is 1.03 bits per heavy atom. The lowest BCUT2D eigenvalue weighted by Crippen LogP contribution is -2.46. The minimum Gasteiger partial charge on any atom is -0.264 e. The summed E-state index contributed by atoms with van der Waals surface area (Å²) in [5, 5.41) is 0. The highest BCUT2D eigenvalue weighted by atomic mass is 35.5. The molecular weight excluding hydrogens is 569 g/mol. The maximum atomic E-state index is 5.45. The van der Waals surface area contributed by atoms with Crippen molar-refractivity contribution >= 4 is 38.6 Å². The standard InChI is InChI=1S/C12H32N4P.C7H21N4P.C5H11Cl.C3H5Cl/c1-10-12(2)11-16(9)17(13(3)4,14(5)6)15(7)8;1-8-12(9(2)3,10(4)5)11(6)7;1-3-5(2)4-6;1-2-3-4/h12H,10-11H2,1-9H3;1-7H3;5H,3-4H2,1-2H3;2H,1,3H2/q+1;;;. The lowest BCUT2D eigenvalue weighted by Gasteiger charge is -2.44. The van der Waals surface area contributed by atoms with Crippen LogP contribution in [0.15, 0.2) is 17.4 Å². The van der Waals surface area contributed by atoms with E-state index in [0.717, 1.165) is 18.3 Å². The molecule has 0 N–H and O–H groups in total. The van der Waals surface area contributed by atoms with Crippen molar-refractivity contribution in [1.29, 1.82) is 0 Å². The zero-order chi connectivity index (χ0) is 32.1. The van der Waals surface area contributed by atoms with Crippen LogP contribution in [0.2, 0.25) is 0 Å². The van der Waals surface area contributed by atoms with Gasteiger partial charge in [-0.25, -0.2) is 0 Å². The van der Waals surface area contributed by atoms with E-state index in [1.165, 1.54) is 12.8 Å². The van der Waals surface area contributed by atoms with Gasteiger partial charge in [-0.05, 0) is 54.1 Å². The van der Waals surface area contributed by atoms with Gasteiger partial charge in [-0.15, -0.1) is 48.5 Å². The summed E-state index contributed by atoms with van der Waals surface area (Å²) in [6.07, 6.45) is 4.07. The highest BCUT2D eigenvalue weighted by molar-refractivity contribution is 7.66. The Balaban J connectivity index is -0.000000240. The minimum atomic E-state index is -1.57. The quantitative estimate of drug-likeness (QED) is 0.119. The van der Waals surface area contributed by atoms with Gasteiger partial charge in [0, 0.05) is 74.7 Å². The molecule has 8 nitrogen and oxygen atoms in total. The van der Waals surface area contributed by atoms with Gasteiger partial charge < -0.3 is 0 Å². The molecule has 0 rings (SSSR count). The monoisotopic (exact) mass is 637 g/mol. The van der Waals surface area contributed by atoms with Crippen molar-refractivity contribution in [3.05, 3.63) is 12.7 Å². The lowest BCUT2D eigenvalue weighted by atomic mass is 10.1. The molecule has 2 unspecified atom stereocenters. The van der Waals surface area contributed by atoms with Crippen LogP contribution in [-0.4, -0.2) is 150 Å².